The zero-order valence-electron chi connectivity index (χ0n) is 15.2. The van der Waals surface area contributed by atoms with Gasteiger partial charge in [0, 0.05) is 58.5 Å². The largest absolute Gasteiger partial charge is 0.381 e. The van der Waals surface area contributed by atoms with Crippen molar-refractivity contribution in [3.8, 4) is 0 Å². The summed E-state index contributed by atoms with van der Waals surface area (Å²) < 4.78 is 5.57. The number of rotatable bonds is 3. The molecule has 25 heavy (non-hydrogen) atoms. The van der Waals surface area contributed by atoms with Crippen molar-refractivity contribution in [2.24, 2.45) is 0 Å². The lowest BCUT2D eigenvalue weighted by Gasteiger charge is -2.51. The summed E-state index contributed by atoms with van der Waals surface area (Å²) in [5.74, 6) is 0.312. The van der Waals surface area contributed by atoms with Gasteiger partial charge in [0.05, 0.1) is 5.41 Å². The molecule has 3 heterocycles. The summed E-state index contributed by atoms with van der Waals surface area (Å²) in [5, 5.41) is 0. The van der Waals surface area contributed by atoms with Crippen LogP contribution in [0.1, 0.15) is 18.4 Å². The normalized spacial score (nSPS) is 25.6. The maximum Gasteiger partial charge on any atom is 0.233 e. The third-order valence-corrected chi connectivity index (χ3v) is 6.29. The molecule has 5 nitrogen and oxygen atoms in total. The molecule has 1 aromatic rings. The van der Waals surface area contributed by atoms with E-state index in [1.165, 1.54) is 0 Å². The lowest BCUT2D eigenvalue weighted by molar-refractivity contribution is -0.149. The van der Waals surface area contributed by atoms with Crippen molar-refractivity contribution >= 4 is 5.91 Å². The smallest absolute Gasteiger partial charge is 0.233 e. The van der Waals surface area contributed by atoms with Gasteiger partial charge in [0.1, 0.15) is 0 Å². The van der Waals surface area contributed by atoms with Crippen molar-refractivity contribution in [2.45, 2.75) is 24.3 Å². The summed E-state index contributed by atoms with van der Waals surface area (Å²) in [7, 11) is 2.18. The highest BCUT2D eigenvalue weighted by Gasteiger charge is 2.47. The number of carbonyl (C=O) groups is 1. The van der Waals surface area contributed by atoms with E-state index >= 15 is 0 Å². The van der Waals surface area contributed by atoms with Crippen LogP contribution in [0.5, 0.6) is 0 Å². The number of likely N-dealkylation sites (N-methyl/N-ethyl adjacent to an activating group) is 1. The lowest BCUT2D eigenvalue weighted by Crippen LogP contribution is -2.66. The van der Waals surface area contributed by atoms with Gasteiger partial charge in [-0.15, -0.1) is 0 Å². The molecular weight excluding hydrogens is 314 g/mol. The Kier molecular flexibility index (Phi) is 4.80. The molecule has 0 radical (unpaired) electrons. The summed E-state index contributed by atoms with van der Waals surface area (Å²) in [6.07, 6.45) is 1.59. The van der Waals surface area contributed by atoms with Crippen LogP contribution in [0.3, 0.4) is 0 Å². The number of nitrogens with zero attached hydrogens (tertiary/aromatic N) is 3. The zero-order valence-corrected chi connectivity index (χ0v) is 15.2. The molecule has 4 rings (SSSR count). The number of likely N-dealkylation sites (tertiary alicyclic amines) is 1. The van der Waals surface area contributed by atoms with E-state index in [9.17, 15) is 4.79 Å². The number of carbonyl (C=O) groups excluding carboxylic acids is 1. The average molecular weight is 343 g/mol. The fourth-order valence-electron chi connectivity index (χ4n) is 4.44. The minimum absolute atomic E-state index is 0.312. The quantitative estimate of drug-likeness (QED) is 0.826. The van der Waals surface area contributed by atoms with Crippen LogP contribution in [-0.4, -0.2) is 86.2 Å². The Morgan fingerprint density at radius 1 is 1.04 bits per heavy atom. The first-order valence-corrected chi connectivity index (χ1v) is 9.54. The third-order valence-electron chi connectivity index (χ3n) is 6.29. The highest BCUT2D eigenvalue weighted by molar-refractivity contribution is 5.89. The Balaban J connectivity index is 1.44. The summed E-state index contributed by atoms with van der Waals surface area (Å²) in [6, 6.07) is 10.9. The lowest BCUT2D eigenvalue weighted by atomic mass is 9.72. The third kappa shape index (κ3) is 3.21. The van der Waals surface area contributed by atoms with Crippen LogP contribution in [0, 0.1) is 0 Å². The molecule has 0 spiro atoms. The minimum atomic E-state index is -0.382. The van der Waals surface area contributed by atoms with Crippen molar-refractivity contribution in [2.75, 3.05) is 59.5 Å². The molecule has 5 heteroatoms. The maximum absolute atomic E-state index is 13.4. The Bertz CT molecular complexity index is 586. The van der Waals surface area contributed by atoms with E-state index < -0.39 is 0 Å². The molecule has 3 saturated heterocycles. The van der Waals surface area contributed by atoms with Crippen LogP contribution in [0.4, 0.5) is 0 Å². The monoisotopic (exact) mass is 343 g/mol. The standard InChI is InChI=1S/C20H29N3O2/c1-21-9-11-22(12-10-21)18-15-23(16-18)19(24)20(7-13-25-14-8-20)17-5-3-2-4-6-17/h2-6,18H,7-16H2,1H3. The first-order valence-electron chi connectivity index (χ1n) is 9.54. The Labute approximate surface area is 150 Å². The van der Waals surface area contributed by atoms with Gasteiger partial charge in [0.15, 0.2) is 0 Å². The van der Waals surface area contributed by atoms with E-state index in [4.69, 9.17) is 4.74 Å². The van der Waals surface area contributed by atoms with Gasteiger partial charge in [-0.2, -0.15) is 0 Å². The van der Waals surface area contributed by atoms with Gasteiger partial charge < -0.3 is 14.5 Å². The van der Waals surface area contributed by atoms with Gasteiger partial charge in [-0.1, -0.05) is 30.3 Å². The molecule has 1 aromatic carbocycles. The van der Waals surface area contributed by atoms with Crippen molar-refractivity contribution in [3.05, 3.63) is 35.9 Å². The van der Waals surface area contributed by atoms with Crippen LogP contribution < -0.4 is 0 Å². The minimum Gasteiger partial charge on any atom is -0.381 e. The molecule has 1 amide bonds. The Morgan fingerprint density at radius 2 is 1.68 bits per heavy atom. The van der Waals surface area contributed by atoms with Gasteiger partial charge in [0.2, 0.25) is 5.91 Å². The molecular formula is C20H29N3O2. The topological polar surface area (TPSA) is 36.0 Å². The highest BCUT2D eigenvalue weighted by Crippen LogP contribution is 2.38. The summed E-state index contributed by atoms with van der Waals surface area (Å²) in [4.78, 5) is 20.4. The first kappa shape index (κ1) is 17.0. The van der Waals surface area contributed by atoms with Crippen molar-refractivity contribution in [1.29, 1.82) is 0 Å². The molecule has 0 atom stereocenters. The van der Waals surface area contributed by atoms with Crippen molar-refractivity contribution in [3.63, 3.8) is 0 Å². The number of benzene rings is 1. The predicted molar refractivity (Wildman–Crippen MR) is 97.6 cm³/mol. The van der Waals surface area contributed by atoms with Crippen LogP contribution >= 0.6 is 0 Å². The molecule has 3 aliphatic heterocycles. The van der Waals surface area contributed by atoms with Crippen molar-refractivity contribution in [1.82, 2.24) is 14.7 Å². The number of hydrogen-bond acceptors (Lipinski definition) is 4. The fraction of sp³-hybridized carbons (Fsp3) is 0.650. The van der Waals surface area contributed by atoms with Gasteiger partial charge >= 0.3 is 0 Å². The molecule has 3 aliphatic rings. The van der Waals surface area contributed by atoms with Crippen molar-refractivity contribution < 1.29 is 9.53 Å². The Morgan fingerprint density at radius 3 is 2.32 bits per heavy atom. The Hall–Kier alpha value is -1.43. The second-order valence-electron chi connectivity index (χ2n) is 7.76. The second-order valence-corrected chi connectivity index (χ2v) is 7.76. The zero-order chi connectivity index (χ0) is 17.3. The molecule has 0 aliphatic carbocycles. The number of piperazine rings is 1. The van der Waals surface area contributed by atoms with Crippen LogP contribution in [0.15, 0.2) is 30.3 Å². The van der Waals surface area contributed by atoms with E-state index in [0.717, 1.165) is 57.7 Å². The molecule has 136 valence electrons. The van der Waals surface area contributed by atoms with E-state index in [0.29, 0.717) is 25.2 Å². The van der Waals surface area contributed by atoms with Crippen LogP contribution in [0.25, 0.3) is 0 Å². The average Bonchev–Trinajstić information content (AvgIpc) is 2.63. The predicted octanol–water partition coefficient (Wildman–Crippen LogP) is 1.19. The van der Waals surface area contributed by atoms with Crippen LogP contribution in [0.2, 0.25) is 0 Å². The molecule has 3 fully saturated rings. The van der Waals surface area contributed by atoms with E-state index in [1.807, 2.05) is 18.2 Å². The van der Waals surface area contributed by atoms with Gasteiger partial charge in [-0.3, -0.25) is 9.69 Å². The van der Waals surface area contributed by atoms with Gasteiger partial charge in [-0.05, 0) is 25.5 Å². The SMILES string of the molecule is CN1CCN(C2CN(C(=O)C3(c4ccccc4)CCOCC3)C2)CC1. The maximum atomic E-state index is 13.4. The molecule has 0 N–H and O–H groups in total. The molecule has 0 bridgehead atoms. The van der Waals surface area contributed by atoms with Gasteiger partial charge in [-0.25, -0.2) is 0 Å². The molecule has 0 saturated carbocycles. The van der Waals surface area contributed by atoms with E-state index in [1.54, 1.807) is 0 Å². The highest BCUT2D eigenvalue weighted by atomic mass is 16.5. The molecule has 0 unspecified atom stereocenters. The number of ether oxygens (including phenoxy) is 1. The number of hydrogen-bond donors (Lipinski definition) is 0. The number of amides is 1. The fourth-order valence-corrected chi connectivity index (χ4v) is 4.44. The summed E-state index contributed by atoms with van der Waals surface area (Å²) >= 11 is 0. The summed E-state index contributed by atoms with van der Waals surface area (Å²) in [6.45, 7) is 7.65. The van der Waals surface area contributed by atoms with Gasteiger partial charge in [0.25, 0.3) is 0 Å². The van der Waals surface area contributed by atoms with Crippen LogP contribution in [-0.2, 0) is 14.9 Å². The first-order chi connectivity index (χ1) is 12.2. The second kappa shape index (κ2) is 7.06. The molecule has 0 aromatic heterocycles. The summed E-state index contributed by atoms with van der Waals surface area (Å²) in [5.41, 5.74) is 0.776. The van der Waals surface area contributed by atoms with E-state index in [2.05, 4.69) is 33.9 Å². The van der Waals surface area contributed by atoms with E-state index in [-0.39, 0.29) is 5.41 Å².